The molecule has 0 aromatic rings. The second-order valence-corrected chi connectivity index (χ2v) is 8.95. The molecule has 12 atom stereocenters. The molecule has 0 radical (unpaired) electrons. The molecule has 0 aromatic heterocycles. The number of hydrogen-bond donors (Lipinski definition) is 5. The Bertz CT molecular complexity index is 844. The van der Waals surface area contributed by atoms with E-state index in [1.807, 2.05) is 0 Å². The number of esters is 2. The molecule has 30 heavy (non-hydrogen) atoms. The monoisotopic (exact) mass is 428 g/mol. The van der Waals surface area contributed by atoms with E-state index in [-0.39, 0.29) is 0 Å². The molecule has 5 N–H and O–H groups in total. The fourth-order valence-electron chi connectivity index (χ4n) is 7.08. The van der Waals surface area contributed by atoms with E-state index >= 15 is 0 Å². The lowest BCUT2D eigenvalue weighted by molar-refractivity contribution is -0.234. The SMILES string of the molecule is C=C(C)[C@@H]1[C@@H](O)C2OC(=O)C34OC5OC(=O)[C@H](O)C51C23[C@@H](O)C(CO)OC(O)[C@H]4C. The van der Waals surface area contributed by atoms with Crippen LogP contribution in [0.1, 0.15) is 13.8 Å². The normalized spacial score (nSPS) is 58.6. The van der Waals surface area contributed by atoms with Crippen molar-refractivity contribution in [3.8, 4) is 0 Å². The lowest BCUT2D eigenvalue weighted by Crippen LogP contribution is -2.67. The van der Waals surface area contributed by atoms with Gasteiger partial charge in [-0.25, -0.2) is 9.59 Å². The van der Waals surface area contributed by atoms with E-state index < -0.39 is 89.9 Å². The summed E-state index contributed by atoms with van der Waals surface area (Å²) in [6.45, 7) is 6.10. The predicted octanol–water partition coefficient (Wildman–Crippen LogP) is -2.83. The van der Waals surface area contributed by atoms with E-state index in [1.54, 1.807) is 6.92 Å². The predicted molar refractivity (Wildman–Crippen MR) is 91.9 cm³/mol. The van der Waals surface area contributed by atoms with Crippen LogP contribution in [0.25, 0.3) is 0 Å². The number of carbonyl (C=O) groups is 2. The maximum absolute atomic E-state index is 13.2. The van der Waals surface area contributed by atoms with Gasteiger partial charge in [-0.1, -0.05) is 19.1 Å². The van der Waals surface area contributed by atoms with Crippen molar-refractivity contribution in [3.63, 3.8) is 0 Å². The minimum absolute atomic E-state index is 0.343. The van der Waals surface area contributed by atoms with Gasteiger partial charge in [0, 0.05) is 11.8 Å². The molecule has 2 spiro atoms. The van der Waals surface area contributed by atoms with Crippen molar-refractivity contribution in [2.45, 2.75) is 62.5 Å². The number of aliphatic hydroxyl groups excluding tert-OH is 5. The van der Waals surface area contributed by atoms with Gasteiger partial charge in [-0.05, 0) is 6.92 Å². The Morgan fingerprint density at radius 2 is 1.83 bits per heavy atom. The van der Waals surface area contributed by atoms with Crippen molar-refractivity contribution in [1.29, 1.82) is 0 Å². The molecule has 0 aromatic carbocycles. The summed E-state index contributed by atoms with van der Waals surface area (Å²) in [6.07, 6.45) is -11.2. The number of aliphatic hydroxyl groups is 5. The van der Waals surface area contributed by atoms with Crippen LogP contribution in [-0.2, 0) is 28.5 Å². The molecule has 11 heteroatoms. The molecule has 5 rings (SSSR count). The molecule has 1 saturated carbocycles. The molecule has 11 nitrogen and oxygen atoms in total. The van der Waals surface area contributed by atoms with Crippen LogP contribution in [0.3, 0.4) is 0 Å². The second kappa shape index (κ2) is 5.80. The Kier molecular flexibility index (Phi) is 3.92. The first-order valence-electron chi connectivity index (χ1n) is 9.78. The molecule has 4 saturated heterocycles. The molecule has 1 aliphatic carbocycles. The summed E-state index contributed by atoms with van der Waals surface area (Å²) < 4.78 is 22.2. The summed E-state index contributed by atoms with van der Waals surface area (Å²) in [6, 6.07) is 0. The summed E-state index contributed by atoms with van der Waals surface area (Å²) in [5.74, 6) is -4.28. The highest BCUT2D eigenvalue weighted by Gasteiger charge is 2.97. The summed E-state index contributed by atoms with van der Waals surface area (Å²) in [4.78, 5) is 25.7. The zero-order chi connectivity index (χ0) is 22.0. The van der Waals surface area contributed by atoms with Crippen LogP contribution in [0.5, 0.6) is 0 Å². The van der Waals surface area contributed by atoms with Crippen LogP contribution in [-0.4, -0.2) is 92.8 Å². The highest BCUT2D eigenvalue weighted by molar-refractivity contribution is 5.89. The van der Waals surface area contributed by atoms with Crippen LogP contribution >= 0.6 is 0 Å². The van der Waals surface area contributed by atoms with E-state index in [0.29, 0.717) is 5.57 Å². The van der Waals surface area contributed by atoms with E-state index in [9.17, 15) is 35.1 Å². The van der Waals surface area contributed by atoms with Crippen molar-refractivity contribution in [2.24, 2.45) is 22.7 Å². The average Bonchev–Trinajstić information content (AvgIpc) is 3.26. The highest BCUT2D eigenvalue weighted by atomic mass is 16.8. The van der Waals surface area contributed by atoms with E-state index in [0.717, 1.165) is 0 Å². The van der Waals surface area contributed by atoms with Crippen molar-refractivity contribution >= 4 is 11.9 Å². The van der Waals surface area contributed by atoms with Gasteiger partial charge < -0.3 is 44.5 Å². The number of hydrogen-bond acceptors (Lipinski definition) is 11. The van der Waals surface area contributed by atoms with Crippen molar-refractivity contribution in [2.75, 3.05) is 6.61 Å². The average molecular weight is 428 g/mol. The topological polar surface area (TPSA) is 172 Å². The molecule has 5 aliphatic rings. The Morgan fingerprint density at radius 3 is 2.43 bits per heavy atom. The van der Waals surface area contributed by atoms with Crippen LogP contribution in [0, 0.1) is 22.7 Å². The van der Waals surface area contributed by atoms with Gasteiger partial charge in [-0.2, -0.15) is 0 Å². The van der Waals surface area contributed by atoms with Gasteiger partial charge in [-0.3, -0.25) is 0 Å². The maximum atomic E-state index is 13.2. The molecule has 4 aliphatic heterocycles. The minimum atomic E-state index is -2.13. The smallest absolute Gasteiger partial charge is 0.340 e. The second-order valence-electron chi connectivity index (χ2n) is 8.95. The maximum Gasteiger partial charge on any atom is 0.340 e. The molecular weight excluding hydrogens is 404 g/mol. The molecule has 0 bridgehead atoms. The Hall–Kier alpha value is -1.60. The Labute approximate surface area is 170 Å². The first-order valence-corrected chi connectivity index (χ1v) is 9.78. The van der Waals surface area contributed by atoms with Crippen LogP contribution < -0.4 is 0 Å². The lowest BCUT2D eigenvalue weighted by Gasteiger charge is -2.48. The molecule has 0 amide bonds. The molecule has 4 heterocycles. The largest absolute Gasteiger partial charge is 0.457 e. The van der Waals surface area contributed by atoms with E-state index in [1.165, 1.54) is 6.92 Å². The number of ether oxygens (including phenoxy) is 4. The summed E-state index contributed by atoms with van der Waals surface area (Å²) in [5.41, 5.74) is -5.64. The highest BCUT2D eigenvalue weighted by Crippen LogP contribution is 2.79. The fourth-order valence-corrected chi connectivity index (χ4v) is 7.08. The third-order valence-corrected chi connectivity index (χ3v) is 7.98. The van der Waals surface area contributed by atoms with Crippen molar-refractivity contribution < 1.29 is 54.1 Å². The molecular formula is C19H24O11. The van der Waals surface area contributed by atoms with Gasteiger partial charge in [-0.15, -0.1) is 0 Å². The first kappa shape index (κ1) is 20.3. The quantitative estimate of drug-likeness (QED) is 0.227. The van der Waals surface area contributed by atoms with Gasteiger partial charge in [0.2, 0.25) is 6.29 Å². The van der Waals surface area contributed by atoms with Gasteiger partial charge >= 0.3 is 11.9 Å². The third-order valence-electron chi connectivity index (χ3n) is 7.98. The van der Waals surface area contributed by atoms with Crippen LogP contribution in [0.15, 0.2) is 12.2 Å². The first-order chi connectivity index (χ1) is 14.0. The zero-order valence-corrected chi connectivity index (χ0v) is 16.3. The van der Waals surface area contributed by atoms with Gasteiger partial charge in [0.1, 0.15) is 12.2 Å². The van der Waals surface area contributed by atoms with E-state index in [4.69, 9.17) is 18.9 Å². The third kappa shape index (κ3) is 1.66. The van der Waals surface area contributed by atoms with Gasteiger partial charge in [0.15, 0.2) is 18.0 Å². The summed E-state index contributed by atoms with van der Waals surface area (Å²) in [7, 11) is 0. The van der Waals surface area contributed by atoms with Gasteiger partial charge in [0.05, 0.1) is 29.6 Å². The van der Waals surface area contributed by atoms with Crippen molar-refractivity contribution in [3.05, 3.63) is 12.2 Å². The van der Waals surface area contributed by atoms with Gasteiger partial charge in [0.25, 0.3) is 0 Å². The Balaban J connectivity index is 1.91. The molecule has 5 fully saturated rings. The standard InChI is InChI=1S/C19H24O11/c1-5(2)8-9(21)12-18-10(22)7(4-20)27-13(24)6(3)19(18,15(26)28-12)30-16-17(8,18)11(23)14(25)29-16/h6-13,16,20-24H,1,4H2,2-3H3/t6-,7?,8-,9-,10+,11+,12?,13?,16?,17?,18?,19?/m1/s1. The lowest BCUT2D eigenvalue weighted by atomic mass is 9.50. The van der Waals surface area contributed by atoms with E-state index in [2.05, 4.69) is 6.58 Å². The minimum Gasteiger partial charge on any atom is -0.457 e. The zero-order valence-electron chi connectivity index (χ0n) is 16.3. The molecule has 7 unspecified atom stereocenters. The molecule has 166 valence electrons. The van der Waals surface area contributed by atoms with Crippen molar-refractivity contribution in [1.82, 2.24) is 0 Å². The summed E-state index contributed by atoms with van der Waals surface area (Å²) in [5, 5.41) is 54.4. The fraction of sp³-hybridized carbons (Fsp3) is 0.789. The van der Waals surface area contributed by atoms with Crippen LogP contribution in [0.4, 0.5) is 0 Å². The number of rotatable bonds is 2. The Morgan fingerprint density at radius 1 is 1.17 bits per heavy atom. The number of carbonyl (C=O) groups excluding carboxylic acids is 2. The summed E-state index contributed by atoms with van der Waals surface area (Å²) >= 11 is 0. The van der Waals surface area contributed by atoms with Crippen LogP contribution in [0.2, 0.25) is 0 Å².